The summed E-state index contributed by atoms with van der Waals surface area (Å²) in [4.78, 5) is 2.00. The number of halogens is 2. The molecule has 7 nitrogen and oxygen atoms in total. The van der Waals surface area contributed by atoms with Crippen LogP contribution in [0.5, 0.6) is 5.75 Å². The van der Waals surface area contributed by atoms with E-state index in [4.69, 9.17) is 16.3 Å². The van der Waals surface area contributed by atoms with Gasteiger partial charge in [-0.3, -0.25) is 0 Å². The van der Waals surface area contributed by atoms with Gasteiger partial charge in [-0.15, -0.1) is 17.5 Å². The van der Waals surface area contributed by atoms with E-state index in [1.165, 1.54) is 0 Å². The van der Waals surface area contributed by atoms with Gasteiger partial charge in [0.05, 0.1) is 31.0 Å². The Morgan fingerprint density at radius 3 is 2.88 bits per heavy atom. The summed E-state index contributed by atoms with van der Waals surface area (Å²) < 4.78 is 5.20. The molecule has 0 aliphatic carbocycles. The summed E-state index contributed by atoms with van der Waals surface area (Å²) in [5.41, 5.74) is 0.413. The fraction of sp³-hybridized carbons (Fsp3) is 0.348. The van der Waals surface area contributed by atoms with Gasteiger partial charge in [0.15, 0.2) is 5.82 Å². The molecule has 0 saturated carbocycles. The number of aliphatic hydroxyl groups is 1. The Bertz CT molecular complexity index is 1120. The Balaban J connectivity index is 0.00000289. The zero-order valence-corrected chi connectivity index (χ0v) is 19.2. The Kier molecular flexibility index (Phi) is 7.75. The van der Waals surface area contributed by atoms with Crippen molar-refractivity contribution in [2.45, 2.75) is 31.0 Å². The number of aliphatic hydroxyl groups excluding tert-OH is 1. The molecular weight excluding hydrogens is 449 g/mol. The summed E-state index contributed by atoms with van der Waals surface area (Å²) in [6, 6.07) is 15.5. The highest BCUT2D eigenvalue weighted by molar-refractivity contribution is 6.32. The van der Waals surface area contributed by atoms with Gasteiger partial charge < -0.3 is 20.1 Å². The van der Waals surface area contributed by atoms with Crippen molar-refractivity contribution in [1.82, 2.24) is 15.5 Å². The highest BCUT2D eigenvalue weighted by Crippen LogP contribution is 2.33. The monoisotopic (exact) mass is 473 g/mol. The fourth-order valence-electron chi connectivity index (χ4n) is 4.14. The first-order valence-corrected chi connectivity index (χ1v) is 10.5. The van der Waals surface area contributed by atoms with Crippen LogP contribution in [0.15, 0.2) is 48.7 Å². The van der Waals surface area contributed by atoms with Gasteiger partial charge in [-0.1, -0.05) is 41.9 Å². The molecule has 2 N–H and O–H groups in total. The molecule has 168 valence electrons. The van der Waals surface area contributed by atoms with E-state index < -0.39 is 11.6 Å². The summed E-state index contributed by atoms with van der Waals surface area (Å²) >= 11 is 6.24. The summed E-state index contributed by atoms with van der Waals surface area (Å²) in [5, 5.41) is 34.6. The number of hydrogen-bond acceptors (Lipinski definition) is 7. The lowest BCUT2D eigenvalue weighted by atomic mass is 9.83. The van der Waals surface area contributed by atoms with Gasteiger partial charge in [0, 0.05) is 35.8 Å². The molecule has 0 radical (unpaired) electrons. The first-order valence-electron chi connectivity index (χ1n) is 10.1. The molecule has 1 aromatic heterocycles. The van der Waals surface area contributed by atoms with Gasteiger partial charge in [0.1, 0.15) is 11.8 Å². The van der Waals surface area contributed by atoms with Gasteiger partial charge in [-0.05, 0) is 24.1 Å². The largest absolute Gasteiger partial charge is 0.495 e. The second-order valence-electron chi connectivity index (χ2n) is 7.81. The van der Waals surface area contributed by atoms with Crippen molar-refractivity contribution in [3.8, 4) is 11.8 Å². The molecular formula is C23H25Cl2N5O2. The van der Waals surface area contributed by atoms with Crippen molar-refractivity contribution in [1.29, 1.82) is 5.26 Å². The molecule has 2 aromatic carbocycles. The van der Waals surface area contributed by atoms with E-state index in [-0.39, 0.29) is 19.0 Å². The molecule has 1 saturated heterocycles. The van der Waals surface area contributed by atoms with Crippen LogP contribution < -0.4 is 15.0 Å². The van der Waals surface area contributed by atoms with Crippen LogP contribution >= 0.6 is 24.0 Å². The molecule has 2 heterocycles. The van der Waals surface area contributed by atoms with Crippen LogP contribution in [-0.4, -0.2) is 47.1 Å². The maximum Gasteiger partial charge on any atom is 0.160 e. The van der Waals surface area contributed by atoms with Crippen LogP contribution in [0.4, 0.5) is 5.82 Å². The van der Waals surface area contributed by atoms with E-state index in [1.54, 1.807) is 13.3 Å². The summed E-state index contributed by atoms with van der Waals surface area (Å²) in [6.45, 7) is 1.04. The molecule has 4 rings (SSSR count). The van der Waals surface area contributed by atoms with Crippen LogP contribution in [-0.2, 0) is 6.54 Å². The maximum absolute atomic E-state index is 10.2. The van der Waals surface area contributed by atoms with E-state index in [9.17, 15) is 10.4 Å². The Labute approximate surface area is 198 Å². The Morgan fingerprint density at radius 2 is 2.16 bits per heavy atom. The third kappa shape index (κ3) is 4.74. The number of ether oxygens (including phenoxy) is 1. The Hall–Kier alpha value is -2.63. The molecule has 1 aliphatic rings. The van der Waals surface area contributed by atoms with Gasteiger partial charge >= 0.3 is 0 Å². The Morgan fingerprint density at radius 1 is 1.34 bits per heavy atom. The second-order valence-corrected chi connectivity index (χ2v) is 8.22. The molecule has 9 heteroatoms. The smallest absolute Gasteiger partial charge is 0.160 e. The molecule has 0 amide bonds. The second kappa shape index (κ2) is 10.3. The minimum absolute atomic E-state index is 0. The first kappa shape index (κ1) is 24.0. The van der Waals surface area contributed by atoms with E-state index in [0.29, 0.717) is 42.5 Å². The molecule has 1 aliphatic heterocycles. The normalized spacial score (nSPS) is 20.4. The number of anilines is 1. The number of rotatable bonds is 6. The quantitative estimate of drug-likeness (QED) is 0.562. The van der Waals surface area contributed by atoms with Gasteiger partial charge in [0.2, 0.25) is 0 Å². The lowest BCUT2D eigenvalue weighted by molar-refractivity contribution is 0.125. The minimum atomic E-state index is -0.568. The average Bonchev–Trinajstić information content (AvgIpc) is 2.82. The maximum atomic E-state index is 10.2. The predicted octanol–water partition coefficient (Wildman–Crippen LogP) is 3.73. The van der Waals surface area contributed by atoms with Crippen molar-refractivity contribution < 1.29 is 9.84 Å². The average molecular weight is 474 g/mol. The van der Waals surface area contributed by atoms with Crippen molar-refractivity contribution in [3.63, 3.8) is 0 Å². The first-order chi connectivity index (χ1) is 15.1. The number of nitrogens with one attached hydrogen (secondary N) is 1. The lowest BCUT2D eigenvalue weighted by Crippen LogP contribution is -2.59. The highest BCUT2D eigenvalue weighted by Gasteiger charge is 2.40. The zero-order chi connectivity index (χ0) is 21.8. The third-order valence-corrected chi connectivity index (χ3v) is 6.25. The SMILES string of the molecule is COc1ccc(CNC2(CO)CCN(c3nncc4ccccc34)C(C#N)C2)cc1Cl.Cl. The van der Waals surface area contributed by atoms with Crippen molar-refractivity contribution in [3.05, 3.63) is 59.2 Å². The van der Waals surface area contributed by atoms with Crippen LogP contribution in [0.3, 0.4) is 0 Å². The number of piperidine rings is 1. The van der Waals surface area contributed by atoms with Crippen LogP contribution in [0.2, 0.25) is 5.02 Å². The molecule has 3 aromatic rings. The highest BCUT2D eigenvalue weighted by atomic mass is 35.5. The van der Waals surface area contributed by atoms with E-state index in [1.807, 2.05) is 47.4 Å². The van der Waals surface area contributed by atoms with E-state index in [2.05, 4.69) is 21.6 Å². The summed E-state index contributed by atoms with van der Waals surface area (Å²) in [6.07, 6.45) is 2.86. The number of nitrogens with zero attached hydrogens (tertiary/aromatic N) is 4. The van der Waals surface area contributed by atoms with Gasteiger partial charge in [-0.25, -0.2) is 0 Å². The number of fused-ring (bicyclic) bond motifs is 1. The van der Waals surface area contributed by atoms with Crippen LogP contribution in [0, 0.1) is 11.3 Å². The molecule has 2 unspecified atom stereocenters. The lowest BCUT2D eigenvalue weighted by Gasteiger charge is -2.44. The zero-order valence-electron chi connectivity index (χ0n) is 17.7. The third-order valence-electron chi connectivity index (χ3n) is 5.95. The van der Waals surface area contributed by atoms with Crippen molar-refractivity contribution in [2.24, 2.45) is 0 Å². The van der Waals surface area contributed by atoms with Crippen LogP contribution in [0.1, 0.15) is 18.4 Å². The molecule has 0 bridgehead atoms. The molecule has 32 heavy (non-hydrogen) atoms. The molecule has 2 atom stereocenters. The number of aromatic nitrogens is 2. The van der Waals surface area contributed by atoms with Crippen LogP contribution in [0.25, 0.3) is 10.8 Å². The van der Waals surface area contributed by atoms with E-state index in [0.717, 1.165) is 16.3 Å². The molecule has 1 fully saturated rings. The van der Waals surface area contributed by atoms with Gasteiger partial charge in [0.25, 0.3) is 0 Å². The standard InChI is InChI=1S/C23H24ClN5O2.ClH/c1-31-21-7-6-16(10-20(21)24)13-26-23(15-30)8-9-29(18(11-23)12-25)22-19-5-3-2-4-17(19)14-27-28-22;/h2-7,10,14,18,26,30H,8-9,11,13,15H2,1H3;1H. The molecule has 0 spiro atoms. The summed E-state index contributed by atoms with van der Waals surface area (Å²) in [7, 11) is 1.58. The minimum Gasteiger partial charge on any atom is -0.495 e. The number of methoxy groups -OCH3 is 1. The topological polar surface area (TPSA) is 94.3 Å². The van der Waals surface area contributed by atoms with Crippen molar-refractivity contribution >= 4 is 40.6 Å². The predicted molar refractivity (Wildman–Crippen MR) is 127 cm³/mol. The van der Waals surface area contributed by atoms with Gasteiger partial charge in [-0.2, -0.15) is 10.4 Å². The van der Waals surface area contributed by atoms with Crippen molar-refractivity contribution in [2.75, 3.05) is 25.2 Å². The fourth-order valence-corrected chi connectivity index (χ4v) is 4.42. The number of nitriles is 1. The van der Waals surface area contributed by atoms with E-state index >= 15 is 0 Å². The number of benzene rings is 2. The number of hydrogen-bond donors (Lipinski definition) is 2. The summed E-state index contributed by atoms with van der Waals surface area (Å²) in [5.74, 6) is 1.33.